The Morgan fingerprint density at radius 1 is 0.804 bits per heavy atom. The third-order valence-electron chi connectivity index (χ3n) is 8.81. The summed E-state index contributed by atoms with van der Waals surface area (Å²) in [6.07, 6.45) is 3.68. The number of carbonyl (C=O) groups is 2. The zero-order chi connectivity index (χ0) is 32.0. The molecular formula is C39H37FN2O4. The quantitative estimate of drug-likeness (QED) is 0.168. The van der Waals surface area contributed by atoms with E-state index in [2.05, 4.69) is 22.3 Å². The molecular weight excluding hydrogens is 579 g/mol. The fourth-order valence-corrected chi connectivity index (χ4v) is 6.58. The van der Waals surface area contributed by atoms with Crippen LogP contribution in [0, 0.1) is 5.82 Å². The Morgan fingerprint density at radius 3 is 2.24 bits per heavy atom. The smallest absolute Gasteiger partial charge is 0.326 e. The average Bonchev–Trinajstić information content (AvgIpc) is 3.08. The summed E-state index contributed by atoms with van der Waals surface area (Å²) in [6, 6.07) is 30.1. The van der Waals surface area contributed by atoms with Crippen LogP contribution in [-0.2, 0) is 17.8 Å². The van der Waals surface area contributed by atoms with Gasteiger partial charge < -0.3 is 15.2 Å². The van der Waals surface area contributed by atoms with E-state index < -0.39 is 23.7 Å². The molecule has 7 heteroatoms. The minimum Gasteiger partial charge on any atom is -0.496 e. The minimum atomic E-state index is -1.29. The van der Waals surface area contributed by atoms with Crippen LogP contribution in [-0.4, -0.2) is 48.1 Å². The first-order valence-corrected chi connectivity index (χ1v) is 15.7. The van der Waals surface area contributed by atoms with Gasteiger partial charge in [-0.15, -0.1) is 0 Å². The number of hydrogen-bond donors (Lipinski definition) is 2. The van der Waals surface area contributed by atoms with Crippen LogP contribution in [0.2, 0.25) is 0 Å². The summed E-state index contributed by atoms with van der Waals surface area (Å²) in [4.78, 5) is 28.5. The molecule has 0 radical (unpaired) electrons. The molecule has 234 valence electrons. The second-order valence-electron chi connectivity index (χ2n) is 11.7. The molecule has 1 saturated heterocycles. The molecule has 1 heterocycles. The number of nitrogens with zero attached hydrogens (tertiary/aromatic N) is 1. The van der Waals surface area contributed by atoms with E-state index in [1.807, 2.05) is 48.5 Å². The van der Waals surface area contributed by atoms with E-state index in [4.69, 9.17) is 4.74 Å². The molecule has 1 aliphatic heterocycles. The fourth-order valence-electron chi connectivity index (χ4n) is 6.58. The van der Waals surface area contributed by atoms with E-state index in [1.165, 1.54) is 37.0 Å². The molecule has 0 unspecified atom stereocenters. The number of ether oxygens (including phenoxy) is 1. The van der Waals surface area contributed by atoms with Crippen molar-refractivity contribution in [2.75, 3.05) is 20.2 Å². The predicted octanol–water partition coefficient (Wildman–Crippen LogP) is 7.73. The van der Waals surface area contributed by atoms with Crippen molar-refractivity contribution in [3.8, 4) is 28.0 Å². The number of carbonyl (C=O) groups excluding carboxylic acids is 1. The van der Waals surface area contributed by atoms with E-state index >= 15 is 4.39 Å². The van der Waals surface area contributed by atoms with Crippen LogP contribution in [0.25, 0.3) is 33.0 Å². The van der Waals surface area contributed by atoms with Crippen molar-refractivity contribution in [2.24, 2.45) is 0 Å². The number of carboxylic acids is 1. The molecule has 1 fully saturated rings. The molecule has 6 nitrogen and oxygen atoms in total. The summed E-state index contributed by atoms with van der Waals surface area (Å²) in [7, 11) is 1.68. The molecule has 0 aliphatic carbocycles. The van der Waals surface area contributed by atoms with Gasteiger partial charge in [0.25, 0.3) is 5.91 Å². The number of aliphatic carboxylic acids is 1. The van der Waals surface area contributed by atoms with Gasteiger partial charge in [-0.1, -0.05) is 97.4 Å². The highest BCUT2D eigenvalue weighted by Gasteiger charge is 2.26. The summed E-state index contributed by atoms with van der Waals surface area (Å²) in [5, 5.41) is 14.7. The standard InChI is InChI=1S/C39H37FN2O4/c1-46-35-21-9-15-28(25-42-22-6-3-7-23-42)36(35)32-19-10-16-29-27(14-8-18-31(29)32)24-34(39(44)45)41-38(43)37-30(17-11-20-33(37)40)26-12-4-2-5-13-26/h2,4-5,8-21,34H,3,6-7,22-25H2,1H3,(H,41,43)(H,44,45)/t34-/m0/s1. The molecule has 0 aromatic heterocycles. The van der Waals surface area contributed by atoms with Crippen LogP contribution in [0.3, 0.4) is 0 Å². The van der Waals surface area contributed by atoms with E-state index in [0.717, 1.165) is 52.8 Å². The summed E-state index contributed by atoms with van der Waals surface area (Å²) in [6.45, 7) is 2.95. The zero-order valence-corrected chi connectivity index (χ0v) is 25.8. The molecule has 5 aromatic carbocycles. The zero-order valence-electron chi connectivity index (χ0n) is 25.8. The van der Waals surface area contributed by atoms with Gasteiger partial charge in [0.2, 0.25) is 0 Å². The van der Waals surface area contributed by atoms with Crippen LogP contribution in [0.1, 0.15) is 40.7 Å². The molecule has 0 saturated carbocycles. The maximum Gasteiger partial charge on any atom is 0.326 e. The number of hydrogen-bond acceptors (Lipinski definition) is 4. The summed E-state index contributed by atoms with van der Waals surface area (Å²) in [5.41, 5.74) is 4.83. The Labute approximate surface area is 268 Å². The lowest BCUT2D eigenvalue weighted by Crippen LogP contribution is -2.42. The lowest BCUT2D eigenvalue weighted by Gasteiger charge is -2.28. The highest BCUT2D eigenvalue weighted by molar-refractivity contribution is 6.03. The van der Waals surface area contributed by atoms with E-state index in [1.54, 1.807) is 37.4 Å². The van der Waals surface area contributed by atoms with E-state index in [-0.39, 0.29) is 12.0 Å². The number of carboxylic acid groups (broad SMARTS) is 1. The van der Waals surface area contributed by atoms with E-state index in [9.17, 15) is 14.7 Å². The van der Waals surface area contributed by atoms with Crippen LogP contribution < -0.4 is 10.1 Å². The van der Waals surface area contributed by atoms with Gasteiger partial charge in [0.15, 0.2) is 0 Å². The van der Waals surface area contributed by atoms with Crippen LogP contribution in [0.4, 0.5) is 4.39 Å². The number of methoxy groups -OCH3 is 1. The number of halogens is 1. The van der Waals surface area contributed by atoms with Crippen molar-refractivity contribution in [1.29, 1.82) is 0 Å². The second kappa shape index (κ2) is 14.0. The number of nitrogens with one attached hydrogen (secondary N) is 1. The number of amides is 1. The van der Waals surface area contributed by atoms with Gasteiger partial charge in [-0.3, -0.25) is 9.69 Å². The third kappa shape index (κ3) is 6.51. The first-order chi connectivity index (χ1) is 22.4. The third-order valence-corrected chi connectivity index (χ3v) is 8.81. The van der Waals surface area contributed by atoms with Gasteiger partial charge in [0, 0.05) is 18.5 Å². The highest BCUT2D eigenvalue weighted by Crippen LogP contribution is 2.39. The van der Waals surface area contributed by atoms with Crippen molar-refractivity contribution < 1.29 is 23.8 Å². The van der Waals surface area contributed by atoms with Crippen LogP contribution in [0.15, 0.2) is 103 Å². The maximum absolute atomic E-state index is 15.1. The molecule has 5 aromatic rings. The van der Waals surface area contributed by atoms with Crippen molar-refractivity contribution in [3.63, 3.8) is 0 Å². The van der Waals surface area contributed by atoms with Gasteiger partial charge >= 0.3 is 5.97 Å². The summed E-state index contributed by atoms with van der Waals surface area (Å²) >= 11 is 0. The SMILES string of the molecule is COc1cccc(CN2CCCCC2)c1-c1cccc2c(C[C@H](NC(=O)c3c(F)cccc3-c3ccccc3)C(=O)O)cccc12. The number of rotatable bonds is 10. The Bertz CT molecular complexity index is 1870. The molecule has 1 amide bonds. The van der Waals surface area contributed by atoms with Crippen molar-refractivity contribution >= 4 is 22.6 Å². The van der Waals surface area contributed by atoms with Gasteiger partial charge in [0.05, 0.1) is 12.7 Å². The van der Waals surface area contributed by atoms with Crippen molar-refractivity contribution in [1.82, 2.24) is 10.2 Å². The normalized spacial score (nSPS) is 14.1. The molecule has 2 N–H and O–H groups in total. The number of likely N-dealkylation sites (tertiary alicyclic amines) is 1. The maximum atomic E-state index is 15.1. The Balaban J connectivity index is 1.34. The van der Waals surface area contributed by atoms with Gasteiger partial charge in [-0.2, -0.15) is 0 Å². The lowest BCUT2D eigenvalue weighted by atomic mass is 9.90. The summed E-state index contributed by atoms with van der Waals surface area (Å²) < 4.78 is 21.0. The topological polar surface area (TPSA) is 78.9 Å². The monoisotopic (exact) mass is 616 g/mol. The van der Waals surface area contributed by atoms with Crippen LogP contribution >= 0.6 is 0 Å². The van der Waals surface area contributed by atoms with Gasteiger partial charge in [0.1, 0.15) is 17.6 Å². The first-order valence-electron chi connectivity index (χ1n) is 15.7. The molecule has 0 spiro atoms. The van der Waals surface area contributed by atoms with E-state index in [0.29, 0.717) is 11.1 Å². The van der Waals surface area contributed by atoms with Crippen molar-refractivity contribution in [2.45, 2.75) is 38.3 Å². The molecule has 1 aliphatic rings. The Kier molecular flexibility index (Phi) is 9.41. The van der Waals surface area contributed by atoms with Crippen LogP contribution in [0.5, 0.6) is 5.75 Å². The highest BCUT2D eigenvalue weighted by atomic mass is 19.1. The lowest BCUT2D eigenvalue weighted by molar-refractivity contribution is -0.139. The Hall–Kier alpha value is -5.01. The number of piperidine rings is 1. The average molecular weight is 617 g/mol. The Morgan fingerprint density at radius 2 is 1.48 bits per heavy atom. The van der Waals surface area contributed by atoms with Gasteiger partial charge in [-0.25, -0.2) is 9.18 Å². The first kappa shape index (κ1) is 31.0. The molecule has 0 bridgehead atoms. The molecule has 1 atom stereocenters. The molecule has 46 heavy (non-hydrogen) atoms. The minimum absolute atomic E-state index is 0.0174. The predicted molar refractivity (Wildman–Crippen MR) is 179 cm³/mol. The summed E-state index contributed by atoms with van der Waals surface area (Å²) in [5.74, 6) is -1.91. The second-order valence-corrected chi connectivity index (χ2v) is 11.7. The fraction of sp³-hybridized carbons (Fsp3) is 0.231. The molecule has 6 rings (SSSR count). The van der Waals surface area contributed by atoms with Gasteiger partial charge in [-0.05, 0) is 76.7 Å². The number of fused-ring (bicyclic) bond motifs is 1. The van der Waals surface area contributed by atoms with Crippen molar-refractivity contribution in [3.05, 3.63) is 126 Å². The largest absolute Gasteiger partial charge is 0.496 e. The number of benzene rings is 5.